The van der Waals surface area contributed by atoms with Gasteiger partial charge in [-0.25, -0.2) is 15.0 Å². The van der Waals surface area contributed by atoms with E-state index in [2.05, 4.69) is 30.5 Å². The Hall–Kier alpha value is -2.51. The zero-order chi connectivity index (χ0) is 18.1. The standard InChI is InChI=1S/C14H15N7O4S/c22-3-8-10(23)11(24)14(25-8)21-5-18-9-12(16-4-17-13(9)21)20-19-2-7-1-15-6-26-7/h1-2,4-6,8,10-11,14,22-24H,3H2,(H,16,17,20)/b19-2+/t8-,10?,11?,14-/m1/s1. The van der Waals surface area contributed by atoms with Crippen molar-refractivity contribution in [1.29, 1.82) is 0 Å². The van der Waals surface area contributed by atoms with E-state index in [0.29, 0.717) is 17.0 Å². The SMILES string of the molecule is OC[C@H]1O[C@@H](n2cnc3c(N/N=C/c4cncs4)ncnc32)C(O)C1O. The van der Waals surface area contributed by atoms with Gasteiger partial charge in [0, 0.05) is 6.20 Å². The molecule has 3 aromatic rings. The number of aromatic nitrogens is 5. The van der Waals surface area contributed by atoms with Crippen LogP contribution in [-0.2, 0) is 4.74 Å². The fourth-order valence-electron chi connectivity index (χ4n) is 2.68. The molecule has 4 rings (SSSR count). The van der Waals surface area contributed by atoms with Gasteiger partial charge in [-0.3, -0.25) is 15.0 Å². The highest BCUT2D eigenvalue weighted by molar-refractivity contribution is 7.11. The molecular weight excluding hydrogens is 362 g/mol. The Kier molecular flexibility index (Phi) is 4.57. The lowest BCUT2D eigenvalue weighted by atomic mass is 10.1. The third-order valence-corrected chi connectivity index (χ3v) is 4.67. The molecule has 1 aliphatic rings. The summed E-state index contributed by atoms with van der Waals surface area (Å²) in [5.74, 6) is 0.376. The smallest absolute Gasteiger partial charge is 0.177 e. The highest BCUT2D eigenvalue weighted by atomic mass is 32.1. The number of imidazole rings is 1. The molecule has 12 heteroatoms. The van der Waals surface area contributed by atoms with E-state index in [0.717, 1.165) is 4.88 Å². The van der Waals surface area contributed by atoms with Gasteiger partial charge in [0.25, 0.3) is 0 Å². The maximum Gasteiger partial charge on any atom is 0.177 e. The van der Waals surface area contributed by atoms with Crippen molar-refractivity contribution in [2.45, 2.75) is 24.5 Å². The van der Waals surface area contributed by atoms with E-state index in [-0.39, 0.29) is 0 Å². The summed E-state index contributed by atoms with van der Waals surface area (Å²) in [6.07, 6.45) is 1.82. The van der Waals surface area contributed by atoms with Crippen LogP contribution in [-0.4, -0.2) is 71.0 Å². The summed E-state index contributed by atoms with van der Waals surface area (Å²) in [4.78, 5) is 17.4. The number of anilines is 1. The summed E-state index contributed by atoms with van der Waals surface area (Å²) < 4.78 is 7.00. The minimum absolute atomic E-state index is 0.376. The highest BCUT2D eigenvalue weighted by Crippen LogP contribution is 2.32. The zero-order valence-electron chi connectivity index (χ0n) is 13.2. The summed E-state index contributed by atoms with van der Waals surface area (Å²) in [5, 5.41) is 33.4. The van der Waals surface area contributed by atoms with Crippen LogP contribution in [0.3, 0.4) is 0 Å². The number of hydrazone groups is 1. The molecule has 26 heavy (non-hydrogen) atoms. The molecule has 4 atom stereocenters. The molecule has 0 amide bonds. The summed E-state index contributed by atoms with van der Waals surface area (Å²) in [6, 6.07) is 0. The van der Waals surface area contributed by atoms with Crippen molar-refractivity contribution in [2.24, 2.45) is 5.10 Å². The number of thiazole rings is 1. The van der Waals surface area contributed by atoms with Gasteiger partial charge in [0.2, 0.25) is 0 Å². The number of aliphatic hydroxyl groups excluding tert-OH is 3. The normalized spacial score (nSPS) is 26.1. The molecule has 1 fully saturated rings. The van der Waals surface area contributed by atoms with E-state index < -0.39 is 31.1 Å². The second kappa shape index (κ2) is 7.01. The van der Waals surface area contributed by atoms with Crippen LogP contribution in [0.5, 0.6) is 0 Å². The fourth-order valence-corrected chi connectivity index (χ4v) is 3.15. The molecule has 11 nitrogen and oxygen atoms in total. The van der Waals surface area contributed by atoms with Gasteiger partial charge in [0.15, 0.2) is 23.2 Å². The predicted octanol–water partition coefficient (Wildman–Crippen LogP) is -0.660. The average molecular weight is 377 g/mol. The molecule has 4 N–H and O–H groups in total. The molecule has 0 spiro atoms. The van der Waals surface area contributed by atoms with Crippen LogP contribution in [0.2, 0.25) is 0 Å². The van der Waals surface area contributed by atoms with Crippen LogP contribution in [0.25, 0.3) is 11.2 Å². The molecule has 136 valence electrons. The number of hydrogen-bond acceptors (Lipinski definition) is 11. The number of fused-ring (bicyclic) bond motifs is 1. The molecule has 2 unspecified atom stereocenters. The molecule has 0 radical (unpaired) electrons. The van der Waals surface area contributed by atoms with Gasteiger partial charge in [0.05, 0.1) is 29.5 Å². The molecule has 1 aliphatic heterocycles. The number of nitrogens with zero attached hydrogens (tertiary/aromatic N) is 6. The molecule has 4 heterocycles. The van der Waals surface area contributed by atoms with Gasteiger partial charge in [-0.05, 0) is 0 Å². The van der Waals surface area contributed by atoms with E-state index in [4.69, 9.17) is 4.74 Å². The molecule has 3 aromatic heterocycles. The van der Waals surface area contributed by atoms with Crippen molar-refractivity contribution in [3.05, 3.63) is 29.2 Å². The third-order valence-electron chi connectivity index (χ3n) is 3.96. The van der Waals surface area contributed by atoms with E-state index in [9.17, 15) is 15.3 Å². The Morgan fingerprint density at radius 2 is 2.19 bits per heavy atom. The first kappa shape index (κ1) is 16.9. The van der Waals surface area contributed by atoms with Crippen molar-refractivity contribution >= 4 is 34.5 Å². The van der Waals surface area contributed by atoms with Crippen LogP contribution >= 0.6 is 11.3 Å². The van der Waals surface area contributed by atoms with Gasteiger partial charge >= 0.3 is 0 Å². The van der Waals surface area contributed by atoms with Gasteiger partial charge in [-0.1, -0.05) is 0 Å². The molecule has 0 aliphatic carbocycles. The minimum Gasteiger partial charge on any atom is -0.394 e. The van der Waals surface area contributed by atoms with E-state index in [1.165, 1.54) is 28.6 Å². The quantitative estimate of drug-likeness (QED) is 0.335. The number of ether oxygens (including phenoxy) is 1. The number of hydrogen-bond donors (Lipinski definition) is 4. The number of rotatable bonds is 5. The van der Waals surface area contributed by atoms with Gasteiger partial charge in [-0.2, -0.15) is 5.10 Å². The van der Waals surface area contributed by atoms with E-state index >= 15 is 0 Å². The minimum atomic E-state index is -1.22. The van der Waals surface area contributed by atoms with Gasteiger partial charge in [-0.15, -0.1) is 11.3 Å². The van der Waals surface area contributed by atoms with Crippen LogP contribution in [0.1, 0.15) is 11.1 Å². The Morgan fingerprint density at radius 1 is 1.31 bits per heavy atom. The van der Waals surface area contributed by atoms with Crippen LogP contribution in [0, 0.1) is 0 Å². The van der Waals surface area contributed by atoms with Crippen molar-refractivity contribution in [3.63, 3.8) is 0 Å². The Bertz CT molecular complexity index is 915. The summed E-state index contributed by atoms with van der Waals surface area (Å²) in [5.41, 5.74) is 5.32. The molecule has 0 saturated carbocycles. The Morgan fingerprint density at radius 3 is 2.92 bits per heavy atom. The molecule has 0 bridgehead atoms. The summed E-state index contributed by atoms with van der Waals surface area (Å²) >= 11 is 1.44. The molecule has 1 saturated heterocycles. The van der Waals surface area contributed by atoms with Crippen molar-refractivity contribution < 1.29 is 20.1 Å². The average Bonchev–Trinajstić information content (AvgIpc) is 3.37. The maximum atomic E-state index is 10.2. The monoisotopic (exact) mass is 377 g/mol. The Labute approximate surface area is 150 Å². The fraction of sp³-hybridized carbons (Fsp3) is 0.357. The number of nitrogens with one attached hydrogen (secondary N) is 1. The predicted molar refractivity (Wildman–Crippen MR) is 91.7 cm³/mol. The summed E-state index contributed by atoms with van der Waals surface area (Å²) in [7, 11) is 0. The van der Waals surface area contributed by atoms with Crippen molar-refractivity contribution in [1.82, 2.24) is 24.5 Å². The topological polar surface area (TPSA) is 151 Å². The second-order valence-corrected chi connectivity index (χ2v) is 6.47. The highest BCUT2D eigenvalue weighted by Gasteiger charge is 2.44. The first-order valence-corrected chi connectivity index (χ1v) is 8.54. The lowest BCUT2D eigenvalue weighted by Crippen LogP contribution is -2.33. The molecule has 0 aromatic carbocycles. The van der Waals surface area contributed by atoms with E-state index in [1.807, 2.05) is 0 Å². The van der Waals surface area contributed by atoms with Crippen LogP contribution in [0.15, 0.2) is 29.5 Å². The first-order valence-electron chi connectivity index (χ1n) is 7.66. The van der Waals surface area contributed by atoms with Crippen molar-refractivity contribution in [2.75, 3.05) is 12.0 Å². The van der Waals surface area contributed by atoms with Crippen LogP contribution in [0.4, 0.5) is 5.82 Å². The largest absolute Gasteiger partial charge is 0.394 e. The zero-order valence-corrected chi connectivity index (χ0v) is 14.1. The molecular formula is C14H15N7O4S. The van der Waals surface area contributed by atoms with Crippen molar-refractivity contribution in [3.8, 4) is 0 Å². The summed E-state index contributed by atoms with van der Waals surface area (Å²) in [6.45, 7) is -0.407. The van der Waals surface area contributed by atoms with E-state index in [1.54, 1.807) is 17.9 Å². The lowest BCUT2D eigenvalue weighted by molar-refractivity contribution is -0.0511. The first-order chi connectivity index (χ1) is 12.7. The maximum absolute atomic E-state index is 10.2. The van der Waals surface area contributed by atoms with Crippen LogP contribution < -0.4 is 5.43 Å². The third kappa shape index (κ3) is 2.93. The lowest BCUT2D eigenvalue weighted by Gasteiger charge is -2.16. The van der Waals surface area contributed by atoms with Gasteiger partial charge < -0.3 is 20.1 Å². The van der Waals surface area contributed by atoms with Gasteiger partial charge in [0.1, 0.15) is 24.6 Å². The Balaban J connectivity index is 1.61. The second-order valence-electron chi connectivity index (χ2n) is 5.55. The number of aliphatic hydroxyl groups is 3.